The third-order valence-electron chi connectivity index (χ3n) is 5.06. The lowest BCUT2D eigenvalue weighted by Gasteiger charge is -2.24. The van der Waals surface area contributed by atoms with E-state index in [4.69, 9.17) is 5.73 Å². The van der Waals surface area contributed by atoms with Crippen LogP contribution in [0.2, 0.25) is 0 Å². The van der Waals surface area contributed by atoms with E-state index in [0.717, 1.165) is 16.0 Å². The number of benzene rings is 2. The molecule has 32 heavy (non-hydrogen) atoms. The third-order valence-corrected chi connectivity index (χ3v) is 5.93. The fraction of sp³-hybridized carbons (Fsp3) is 0.125. The van der Waals surface area contributed by atoms with Crippen molar-refractivity contribution in [1.29, 1.82) is 0 Å². The fourth-order valence-corrected chi connectivity index (χ4v) is 4.17. The molecule has 0 unspecified atom stereocenters. The SMILES string of the molecule is Nc1c(N(Cc2ccccc2)C(=O)Cc2cccs2)c(=O)[nH]c(=O)n1Cc1ccccc1. The van der Waals surface area contributed by atoms with Crippen LogP contribution in [0.15, 0.2) is 87.8 Å². The maximum Gasteiger partial charge on any atom is 0.330 e. The molecule has 0 radical (unpaired) electrons. The summed E-state index contributed by atoms with van der Waals surface area (Å²) < 4.78 is 1.28. The van der Waals surface area contributed by atoms with E-state index in [0.29, 0.717) is 0 Å². The molecule has 0 bridgehead atoms. The lowest BCUT2D eigenvalue weighted by atomic mass is 10.2. The average molecular weight is 447 g/mol. The van der Waals surface area contributed by atoms with Gasteiger partial charge in [-0.3, -0.25) is 24.0 Å². The predicted molar refractivity (Wildman–Crippen MR) is 127 cm³/mol. The van der Waals surface area contributed by atoms with Crippen LogP contribution in [0.4, 0.5) is 11.5 Å². The summed E-state index contributed by atoms with van der Waals surface area (Å²) in [5.74, 6) is -0.323. The molecule has 3 N–H and O–H groups in total. The number of aromatic nitrogens is 2. The summed E-state index contributed by atoms with van der Waals surface area (Å²) in [6.45, 7) is 0.329. The topological polar surface area (TPSA) is 101 Å². The summed E-state index contributed by atoms with van der Waals surface area (Å²) in [6.07, 6.45) is 0.126. The van der Waals surface area contributed by atoms with Gasteiger partial charge in [-0.15, -0.1) is 11.3 Å². The van der Waals surface area contributed by atoms with Crippen molar-refractivity contribution < 1.29 is 4.79 Å². The normalized spacial score (nSPS) is 10.8. The van der Waals surface area contributed by atoms with Crippen molar-refractivity contribution in [2.24, 2.45) is 0 Å². The van der Waals surface area contributed by atoms with Crippen molar-refractivity contribution in [2.75, 3.05) is 10.6 Å². The number of H-pyrrole nitrogens is 1. The van der Waals surface area contributed by atoms with Gasteiger partial charge in [0.05, 0.1) is 19.5 Å². The molecular weight excluding hydrogens is 424 g/mol. The Morgan fingerprint density at radius 2 is 1.59 bits per heavy atom. The van der Waals surface area contributed by atoms with Crippen molar-refractivity contribution in [3.8, 4) is 0 Å². The molecule has 0 saturated heterocycles. The number of hydrogen-bond donors (Lipinski definition) is 2. The van der Waals surface area contributed by atoms with E-state index in [1.54, 1.807) is 0 Å². The van der Waals surface area contributed by atoms with Crippen LogP contribution in [0.3, 0.4) is 0 Å². The molecule has 0 spiro atoms. The van der Waals surface area contributed by atoms with E-state index in [1.807, 2.05) is 78.2 Å². The number of aromatic amines is 1. The van der Waals surface area contributed by atoms with E-state index in [-0.39, 0.29) is 36.9 Å². The molecule has 0 aliphatic rings. The number of anilines is 2. The molecule has 1 amide bonds. The second-order valence-electron chi connectivity index (χ2n) is 7.29. The van der Waals surface area contributed by atoms with Crippen molar-refractivity contribution in [3.63, 3.8) is 0 Å². The Labute approximate surface area is 188 Å². The number of hydrogen-bond acceptors (Lipinski definition) is 5. The van der Waals surface area contributed by atoms with E-state index in [1.165, 1.54) is 20.8 Å². The largest absolute Gasteiger partial charge is 0.383 e. The zero-order valence-corrected chi connectivity index (χ0v) is 18.0. The van der Waals surface area contributed by atoms with Gasteiger partial charge in [-0.25, -0.2) is 4.79 Å². The zero-order valence-electron chi connectivity index (χ0n) is 17.2. The fourth-order valence-electron chi connectivity index (χ4n) is 3.48. The van der Waals surface area contributed by atoms with Gasteiger partial charge in [-0.1, -0.05) is 66.7 Å². The van der Waals surface area contributed by atoms with E-state index >= 15 is 0 Å². The minimum atomic E-state index is -0.688. The van der Waals surface area contributed by atoms with Gasteiger partial charge in [-0.05, 0) is 22.6 Å². The summed E-state index contributed by atoms with van der Waals surface area (Å²) in [5, 5.41) is 1.89. The number of carbonyl (C=O) groups excluding carboxylic acids is 1. The first-order valence-electron chi connectivity index (χ1n) is 10.1. The monoisotopic (exact) mass is 446 g/mol. The maximum absolute atomic E-state index is 13.3. The van der Waals surface area contributed by atoms with Crippen LogP contribution in [0.1, 0.15) is 16.0 Å². The summed E-state index contributed by atoms with van der Waals surface area (Å²) in [7, 11) is 0. The smallest absolute Gasteiger partial charge is 0.330 e. The van der Waals surface area contributed by atoms with Gasteiger partial charge in [-0.2, -0.15) is 0 Å². The van der Waals surface area contributed by atoms with Gasteiger partial charge in [0, 0.05) is 4.88 Å². The van der Waals surface area contributed by atoms with E-state index in [9.17, 15) is 14.4 Å². The number of carbonyl (C=O) groups is 1. The molecule has 8 heteroatoms. The number of rotatable bonds is 7. The van der Waals surface area contributed by atoms with Gasteiger partial charge in [0.15, 0.2) is 5.69 Å². The van der Waals surface area contributed by atoms with Crippen LogP contribution in [0.5, 0.6) is 0 Å². The number of nitrogen functional groups attached to an aromatic ring is 1. The molecular formula is C24H22N4O3S. The number of nitrogens with zero attached hydrogens (tertiary/aromatic N) is 2. The van der Waals surface area contributed by atoms with Gasteiger partial charge >= 0.3 is 5.69 Å². The van der Waals surface area contributed by atoms with Crippen molar-refractivity contribution in [2.45, 2.75) is 19.5 Å². The van der Waals surface area contributed by atoms with Crippen LogP contribution >= 0.6 is 11.3 Å². The zero-order chi connectivity index (χ0) is 22.5. The average Bonchev–Trinajstić information content (AvgIpc) is 3.30. The quantitative estimate of drug-likeness (QED) is 0.456. The van der Waals surface area contributed by atoms with Crippen molar-refractivity contribution >= 4 is 28.7 Å². The highest BCUT2D eigenvalue weighted by molar-refractivity contribution is 7.10. The molecule has 0 aliphatic heterocycles. The summed E-state index contributed by atoms with van der Waals surface area (Å²) >= 11 is 1.47. The van der Waals surface area contributed by atoms with Gasteiger partial charge in [0.25, 0.3) is 5.56 Å². The molecule has 2 aromatic carbocycles. The molecule has 0 saturated carbocycles. The molecule has 0 aliphatic carbocycles. The first-order valence-corrected chi connectivity index (χ1v) is 10.9. The molecule has 162 valence electrons. The minimum Gasteiger partial charge on any atom is -0.383 e. The standard InChI is InChI=1S/C24H22N4O3S/c25-22-21(23(30)26-24(31)28(22)16-18-10-5-2-6-11-18)27(15-17-8-3-1-4-9-17)20(29)14-19-12-7-13-32-19/h1-13H,14-16,25H2,(H,26,30,31). The molecule has 0 fully saturated rings. The van der Waals surface area contributed by atoms with Crippen LogP contribution < -0.4 is 21.9 Å². The maximum atomic E-state index is 13.3. The Kier molecular flexibility index (Phi) is 6.32. The molecule has 2 aromatic heterocycles. The summed E-state index contributed by atoms with van der Waals surface area (Å²) in [4.78, 5) is 43.3. The third kappa shape index (κ3) is 4.70. The molecule has 7 nitrogen and oxygen atoms in total. The second kappa shape index (κ2) is 9.49. The van der Waals surface area contributed by atoms with Crippen LogP contribution in [0.25, 0.3) is 0 Å². The van der Waals surface area contributed by atoms with Gasteiger partial charge in [0.1, 0.15) is 5.82 Å². The Morgan fingerprint density at radius 3 is 2.22 bits per heavy atom. The van der Waals surface area contributed by atoms with Crippen LogP contribution in [0, 0.1) is 0 Å². The molecule has 4 aromatic rings. The van der Waals surface area contributed by atoms with Gasteiger partial charge < -0.3 is 5.73 Å². The first kappa shape index (κ1) is 21.3. The second-order valence-corrected chi connectivity index (χ2v) is 8.32. The van der Waals surface area contributed by atoms with Crippen LogP contribution in [-0.2, 0) is 24.3 Å². The first-order chi connectivity index (χ1) is 15.5. The molecule has 2 heterocycles. The highest BCUT2D eigenvalue weighted by atomic mass is 32.1. The Hall–Kier alpha value is -3.91. The highest BCUT2D eigenvalue weighted by Gasteiger charge is 2.25. The highest BCUT2D eigenvalue weighted by Crippen LogP contribution is 2.22. The molecule has 4 rings (SSSR count). The van der Waals surface area contributed by atoms with Crippen LogP contribution in [-0.4, -0.2) is 15.5 Å². The number of thiophene rings is 1. The number of nitrogens with one attached hydrogen (secondary N) is 1. The predicted octanol–water partition coefficient (Wildman–Crippen LogP) is 3.00. The number of amides is 1. The van der Waals surface area contributed by atoms with Gasteiger partial charge in [0.2, 0.25) is 5.91 Å². The van der Waals surface area contributed by atoms with E-state index in [2.05, 4.69) is 4.98 Å². The molecule has 0 atom stereocenters. The lowest BCUT2D eigenvalue weighted by molar-refractivity contribution is -0.118. The minimum absolute atomic E-state index is 0.0223. The number of nitrogens with two attached hydrogens (primary N) is 1. The van der Waals surface area contributed by atoms with E-state index < -0.39 is 11.2 Å². The Morgan fingerprint density at radius 1 is 0.938 bits per heavy atom. The Balaban J connectivity index is 1.78. The summed E-state index contributed by atoms with van der Waals surface area (Å²) in [6, 6.07) is 22.4. The lowest BCUT2D eigenvalue weighted by Crippen LogP contribution is -2.41. The van der Waals surface area contributed by atoms with Crippen molar-refractivity contribution in [1.82, 2.24) is 9.55 Å². The Bertz CT molecular complexity index is 1310. The van der Waals surface area contributed by atoms with Crippen molar-refractivity contribution in [3.05, 3.63) is 115 Å². The summed E-state index contributed by atoms with van der Waals surface area (Å²) in [5.41, 5.74) is 6.71.